The van der Waals surface area contributed by atoms with Crippen molar-refractivity contribution >= 4 is 22.5 Å². The maximum absolute atomic E-state index is 12.8. The minimum absolute atomic E-state index is 0.0604. The average Bonchev–Trinajstić information content (AvgIpc) is 2.73. The van der Waals surface area contributed by atoms with Gasteiger partial charge in [0.2, 0.25) is 0 Å². The fourth-order valence-electron chi connectivity index (χ4n) is 3.58. The Morgan fingerprint density at radius 3 is 2.79 bits per heavy atom. The molecule has 1 N–H and O–H groups in total. The number of nitrogens with one attached hydrogen (secondary N) is 1. The van der Waals surface area contributed by atoms with Crippen molar-refractivity contribution in [2.45, 2.75) is 25.8 Å². The number of carbonyl (C=O) groups is 1. The van der Waals surface area contributed by atoms with Crippen LogP contribution in [0.1, 0.15) is 29.0 Å². The molecule has 1 aromatic heterocycles. The first-order chi connectivity index (χ1) is 13.6. The molecule has 144 valence electrons. The van der Waals surface area contributed by atoms with Crippen LogP contribution in [-0.4, -0.2) is 29.7 Å². The zero-order valence-corrected chi connectivity index (χ0v) is 15.8. The molecule has 1 aliphatic heterocycles. The molecule has 7 nitrogen and oxygen atoms in total. The van der Waals surface area contributed by atoms with Crippen molar-refractivity contribution in [3.63, 3.8) is 0 Å². The highest BCUT2D eigenvalue weighted by molar-refractivity contribution is 6.07. The molecule has 7 heteroatoms. The second kappa shape index (κ2) is 7.34. The Balaban J connectivity index is 1.70. The molecule has 4 rings (SSSR count). The summed E-state index contributed by atoms with van der Waals surface area (Å²) < 4.78 is 12.3. The van der Waals surface area contributed by atoms with Crippen molar-refractivity contribution in [3.05, 3.63) is 58.1 Å². The lowest BCUT2D eigenvalue weighted by Crippen LogP contribution is -2.28. The third kappa shape index (κ3) is 3.09. The predicted molar refractivity (Wildman–Crippen MR) is 106 cm³/mol. The van der Waals surface area contributed by atoms with E-state index in [4.69, 9.17) is 9.47 Å². The summed E-state index contributed by atoms with van der Waals surface area (Å²) in [5.41, 5.74) is 1.46. The third-order valence-corrected chi connectivity index (χ3v) is 4.97. The monoisotopic (exact) mass is 379 g/mol. The molecule has 0 fully saturated rings. The van der Waals surface area contributed by atoms with Crippen molar-refractivity contribution in [3.8, 4) is 11.5 Å². The van der Waals surface area contributed by atoms with E-state index in [1.807, 2.05) is 0 Å². The van der Waals surface area contributed by atoms with E-state index in [2.05, 4.69) is 10.3 Å². The number of nitrogens with zero attached hydrogens (tertiary/aromatic N) is 2. The van der Waals surface area contributed by atoms with E-state index in [9.17, 15) is 9.59 Å². The Bertz CT molecular complexity index is 1120. The maximum Gasteiger partial charge on any atom is 0.261 e. The summed E-state index contributed by atoms with van der Waals surface area (Å²) >= 11 is 0. The number of aromatic nitrogens is 2. The van der Waals surface area contributed by atoms with Gasteiger partial charge in [-0.25, -0.2) is 4.98 Å². The van der Waals surface area contributed by atoms with Crippen LogP contribution in [0.25, 0.3) is 10.9 Å². The van der Waals surface area contributed by atoms with Crippen molar-refractivity contribution in [2.75, 3.05) is 19.5 Å². The molecule has 1 aliphatic rings. The summed E-state index contributed by atoms with van der Waals surface area (Å²) in [6.45, 7) is 0.689. The smallest absolute Gasteiger partial charge is 0.261 e. The van der Waals surface area contributed by atoms with Crippen LogP contribution in [0.2, 0.25) is 0 Å². The van der Waals surface area contributed by atoms with Crippen LogP contribution in [0.5, 0.6) is 11.5 Å². The number of methoxy groups -OCH3 is 2. The van der Waals surface area contributed by atoms with E-state index in [0.29, 0.717) is 40.2 Å². The van der Waals surface area contributed by atoms with Crippen LogP contribution < -0.4 is 20.3 Å². The first-order valence-electron chi connectivity index (χ1n) is 9.18. The first-order valence-corrected chi connectivity index (χ1v) is 9.18. The zero-order chi connectivity index (χ0) is 19.7. The van der Waals surface area contributed by atoms with Gasteiger partial charge in [0.1, 0.15) is 5.82 Å². The van der Waals surface area contributed by atoms with Crippen molar-refractivity contribution in [1.82, 2.24) is 9.55 Å². The highest BCUT2D eigenvalue weighted by atomic mass is 16.5. The number of rotatable bonds is 4. The fourth-order valence-corrected chi connectivity index (χ4v) is 3.58. The number of aryl methyl sites for hydroxylation is 1. The Hall–Kier alpha value is -3.35. The molecule has 0 atom stereocenters. The Kier molecular flexibility index (Phi) is 4.73. The molecule has 0 radical (unpaired) electrons. The Morgan fingerprint density at radius 2 is 2.00 bits per heavy atom. The van der Waals surface area contributed by atoms with E-state index in [1.165, 1.54) is 14.2 Å². The molecule has 0 saturated heterocycles. The number of hydrogen-bond donors (Lipinski definition) is 1. The van der Waals surface area contributed by atoms with Gasteiger partial charge in [-0.2, -0.15) is 0 Å². The largest absolute Gasteiger partial charge is 0.493 e. The molecule has 0 aliphatic carbocycles. The molecular weight excluding hydrogens is 358 g/mol. The molecule has 0 unspecified atom stereocenters. The third-order valence-electron chi connectivity index (χ3n) is 4.97. The van der Waals surface area contributed by atoms with Gasteiger partial charge in [0.25, 0.3) is 11.5 Å². The van der Waals surface area contributed by atoms with Crippen LogP contribution >= 0.6 is 0 Å². The normalized spacial score (nSPS) is 13.1. The summed E-state index contributed by atoms with van der Waals surface area (Å²) in [6, 6.07) is 10.3. The van der Waals surface area contributed by atoms with E-state index in [0.717, 1.165) is 25.1 Å². The predicted octanol–water partition coefficient (Wildman–Crippen LogP) is 3.00. The molecule has 0 spiro atoms. The topological polar surface area (TPSA) is 82.5 Å². The van der Waals surface area contributed by atoms with Gasteiger partial charge < -0.3 is 14.8 Å². The van der Waals surface area contributed by atoms with Crippen molar-refractivity contribution in [1.29, 1.82) is 0 Å². The quantitative estimate of drug-likeness (QED) is 0.754. The number of benzene rings is 2. The summed E-state index contributed by atoms with van der Waals surface area (Å²) in [5, 5.41) is 3.33. The molecule has 0 saturated carbocycles. The van der Waals surface area contributed by atoms with E-state index >= 15 is 0 Å². The van der Waals surface area contributed by atoms with Crippen LogP contribution in [0.15, 0.2) is 41.2 Å². The standard InChI is InChI=1S/C21H21N3O4/c1-27-17-7-5-6-14(19(17)28-2)20(25)22-13-9-10-16-15(12-13)21(26)24-11-4-3-8-18(24)23-16/h5-7,9-10,12H,3-4,8,11H2,1-2H3,(H,22,25). The van der Waals surface area contributed by atoms with Crippen LogP contribution in [0.3, 0.4) is 0 Å². The SMILES string of the molecule is COc1cccc(C(=O)Nc2ccc3nc4n(c(=O)c3c2)CCCC4)c1OC. The van der Waals surface area contributed by atoms with E-state index in [-0.39, 0.29) is 11.5 Å². The molecule has 28 heavy (non-hydrogen) atoms. The summed E-state index contributed by atoms with van der Waals surface area (Å²) in [5.74, 6) is 1.32. The highest BCUT2D eigenvalue weighted by Gasteiger charge is 2.18. The van der Waals surface area contributed by atoms with Gasteiger partial charge in [-0.3, -0.25) is 14.2 Å². The first kappa shape index (κ1) is 18.0. The molecule has 1 amide bonds. The minimum Gasteiger partial charge on any atom is -0.493 e. The highest BCUT2D eigenvalue weighted by Crippen LogP contribution is 2.31. The molecule has 2 aromatic carbocycles. The number of amides is 1. The Morgan fingerprint density at radius 1 is 1.14 bits per heavy atom. The molecule has 0 bridgehead atoms. The van der Waals surface area contributed by atoms with Crippen molar-refractivity contribution in [2.24, 2.45) is 0 Å². The number of para-hydroxylation sites is 1. The zero-order valence-electron chi connectivity index (χ0n) is 15.8. The number of anilines is 1. The van der Waals surface area contributed by atoms with Crippen LogP contribution in [0, 0.1) is 0 Å². The lowest BCUT2D eigenvalue weighted by molar-refractivity contribution is 0.102. The number of ether oxygens (including phenoxy) is 2. The van der Waals surface area contributed by atoms with Gasteiger partial charge in [0.05, 0.1) is 30.7 Å². The summed E-state index contributed by atoms with van der Waals surface area (Å²) in [6.07, 6.45) is 2.85. The summed E-state index contributed by atoms with van der Waals surface area (Å²) in [4.78, 5) is 30.2. The van der Waals surface area contributed by atoms with Gasteiger partial charge in [-0.05, 0) is 43.2 Å². The molecule has 3 aromatic rings. The molecular formula is C21H21N3O4. The Labute approximate surface area is 161 Å². The average molecular weight is 379 g/mol. The van der Waals surface area contributed by atoms with Gasteiger partial charge in [-0.15, -0.1) is 0 Å². The number of hydrogen-bond acceptors (Lipinski definition) is 5. The second-order valence-corrected chi connectivity index (χ2v) is 6.67. The van der Waals surface area contributed by atoms with Gasteiger partial charge in [0.15, 0.2) is 11.5 Å². The lowest BCUT2D eigenvalue weighted by atomic mass is 10.1. The molecule has 2 heterocycles. The van der Waals surface area contributed by atoms with E-state index in [1.54, 1.807) is 41.0 Å². The van der Waals surface area contributed by atoms with Gasteiger partial charge >= 0.3 is 0 Å². The maximum atomic E-state index is 12.8. The van der Waals surface area contributed by atoms with Gasteiger partial charge in [0, 0.05) is 18.7 Å². The van der Waals surface area contributed by atoms with Crippen molar-refractivity contribution < 1.29 is 14.3 Å². The van der Waals surface area contributed by atoms with Gasteiger partial charge in [-0.1, -0.05) is 6.07 Å². The lowest BCUT2D eigenvalue weighted by Gasteiger charge is -2.18. The summed E-state index contributed by atoms with van der Waals surface area (Å²) in [7, 11) is 3.00. The van der Waals surface area contributed by atoms with Crippen LogP contribution in [0.4, 0.5) is 5.69 Å². The van der Waals surface area contributed by atoms with Crippen LogP contribution in [-0.2, 0) is 13.0 Å². The fraction of sp³-hybridized carbons (Fsp3) is 0.286. The minimum atomic E-state index is -0.346. The second-order valence-electron chi connectivity index (χ2n) is 6.67. The number of carbonyl (C=O) groups excluding carboxylic acids is 1. The van der Waals surface area contributed by atoms with E-state index < -0.39 is 0 Å². The number of fused-ring (bicyclic) bond motifs is 2.